The highest BCUT2D eigenvalue weighted by atomic mass is 35.5. The summed E-state index contributed by atoms with van der Waals surface area (Å²) in [6, 6.07) is 12.4. The number of aryl methyl sites for hydroxylation is 1. The van der Waals surface area contributed by atoms with E-state index in [1.165, 1.54) is 11.8 Å². The van der Waals surface area contributed by atoms with Crippen molar-refractivity contribution in [1.29, 1.82) is 0 Å². The van der Waals surface area contributed by atoms with Crippen molar-refractivity contribution in [2.75, 3.05) is 11.1 Å². The highest BCUT2D eigenvalue weighted by Crippen LogP contribution is 2.36. The molecule has 1 aliphatic carbocycles. The summed E-state index contributed by atoms with van der Waals surface area (Å²) >= 11 is 7.32. The molecule has 0 spiro atoms. The summed E-state index contributed by atoms with van der Waals surface area (Å²) < 4.78 is 0. The summed E-state index contributed by atoms with van der Waals surface area (Å²) in [6.07, 6.45) is 3.95. The van der Waals surface area contributed by atoms with Gasteiger partial charge in [-0.05, 0) is 61.6 Å². The Kier molecular flexibility index (Phi) is 5.74. The van der Waals surface area contributed by atoms with Crippen LogP contribution < -0.4 is 5.32 Å². The SMILES string of the molecule is O=C(O)CSc1c2c(nc3cc(C(=O)Nc4cccc(Cl)c4)ccc13)CCCC2. The second-order valence-corrected chi connectivity index (χ2v) is 8.37. The molecule has 1 aromatic heterocycles. The Morgan fingerprint density at radius 3 is 2.76 bits per heavy atom. The number of benzene rings is 2. The molecular weight excluding hydrogens is 408 g/mol. The van der Waals surface area contributed by atoms with Crippen molar-refractivity contribution in [1.82, 2.24) is 4.98 Å². The number of carbonyl (C=O) groups excluding carboxylic acids is 1. The van der Waals surface area contributed by atoms with Crippen LogP contribution >= 0.6 is 23.4 Å². The molecule has 2 N–H and O–H groups in total. The number of hydrogen-bond donors (Lipinski definition) is 2. The Morgan fingerprint density at radius 1 is 1.14 bits per heavy atom. The molecule has 1 amide bonds. The number of aromatic nitrogens is 1. The van der Waals surface area contributed by atoms with Crippen LogP contribution in [0.4, 0.5) is 5.69 Å². The van der Waals surface area contributed by atoms with Crippen molar-refractivity contribution >= 4 is 51.8 Å². The third-order valence-electron chi connectivity index (χ3n) is 4.90. The van der Waals surface area contributed by atoms with E-state index in [9.17, 15) is 9.59 Å². The maximum absolute atomic E-state index is 12.7. The number of carboxylic acids is 1. The lowest BCUT2D eigenvalue weighted by molar-refractivity contribution is -0.133. The molecule has 5 nitrogen and oxygen atoms in total. The zero-order chi connectivity index (χ0) is 20.4. The van der Waals surface area contributed by atoms with Gasteiger partial charge in [0.25, 0.3) is 5.91 Å². The maximum atomic E-state index is 12.7. The van der Waals surface area contributed by atoms with Gasteiger partial charge in [0.2, 0.25) is 0 Å². The number of amides is 1. The fourth-order valence-corrected chi connectivity index (χ4v) is 4.77. The Morgan fingerprint density at radius 2 is 1.97 bits per heavy atom. The van der Waals surface area contributed by atoms with E-state index in [2.05, 4.69) is 5.32 Å². The first kappa shape index (κ1) is 19.7. The summed E-state index contributed by atoms with van der Waals surface area (Å²) in [5.41, 5.74) is 4.01. The molecule has 3 aromatic rings. The van der Waals surface area contributed by atoms with Gasteiger partial charge in [0.15, 0.2) is 0 Å². The van der Waals surface area contributed by atoms with Crippen LogP contribution in [0, 0.1) is 0 Å². The van der Waals surface area contributed by atoms with Gasteiger partial charge in [-0.25, -0.2) is 0 Å². The summed E-state index contributed by atoms with van der Waals surface area (Å²) in [4.78, 5) is 29.6. The Labute approximate surface area is 177 Å². The first-order valence-electron chi connectivity index (χ1n) is 9.38. The number of fused-ring (bicyclic) bond motifs is 2. The molecule has 7 heteroatoms. The minimum Gasteiger partial charge on any atom is -0.481 e. The van der Waals surface area contributed by atoms with Crippen LogP contribution in [-0.2, 0) is 17.6 Å². The number of carboxylic acid groups (broad SMARTS) is 1. The molecule has 2 aromatic carbocycles. The van der Waals surface area contributed by atoms with Crippen molar-refractivity contribution in [2.24, 2.45) is 0 Å². The van der Waals surface area contributed by atoms with Crippen molar-refractivity contribution < 1.29 is 14.7 Å². The minimum atomic E-state index is -0.845. The van der Waals surface area contributed by atoms with E-state index in [0.29, 0.717) is 16.3 Å². The average molecular weight is 427 g/mol. The summed E-state index contributed by atoms with van der Waals surface area (Å²) in [6.45, 7) is 0. The smallest absolute Gasteiger partial charge is 0.313 e. The zero-order valence-corrected chi connectivity index (χ0v) is 17.1. The molecular formula is C22H19ClN2O3S. The summed E-state index contributed by atoms with van der Waals surface area (Å²) in [5.74, 6) is -1.08. The van der Waals surface area contributed by atoms with Crippen molar-refractivity contribution in [3.05, 3.63) is 64.3 Å². The second-order valence-electron chi connectivity index (χ2n) is 6.95. The predicted octanol–water partition coefficient (Wildman–Crippen LogP) is 5.20. The molecule has 1 heterocycles. The number of halogens is 1. The first-order valence-corrected chi connectivity index (χ1v) is 10.7. The lowest BCUT2D eigenvalue weighted by atomic mass is 9.94. The van der Waals surface area contributed by atoms with Gasteiger partial charge in [0.05, 0.1) is 11.3 Å². The molecule has 1 aliphatic rings. The third kappa shape index (κ3) is 4.38. The van der Waals surface area contributed by atoms with Gasteiger partial charge in [-0.2, -0.15) is 0 Å². The number of thioether (sulfide) groups is 1. The van der Waals surface area contributed by atoms with E-state index < -0.39 is 5.97 Å². The van der Waals surface area contributed by atoms with Gasteiger partial charge in [-0.3, -0.25) is 14.6 Å². The zero-order valence-electron chi connectivity index (χ0n) is 15.6. The highest BCUT2D eigenvalue weighted by Gasteiger charge is 2.20. The molecule has 0 atom stereocenters. The van der Waals surface area contributed by atoms with E-state index >= 15 is 0 Å². The molecule has 29 heavy (non-hydrogen) atoms. The fraction of sp³-hybridized carbons (Fsp3) is 0.227. The van der Waals surface area contributed by atoms with Crippen molar-refractivity contribution in [2.45, 2.75) is 30.6 Å². The van der Waals surface area contributed by atoms with Gasteiger partial charge in [0, 0.05) is 32.2 Å². The molecule has 0 fully saturated rings. The van der Waals surface area contributed by atoms with E-state index in [1.807, 2.05) is 6.07 Å². The predicted molar refractivity (Wildman–Crippen MR) is 116 cm³/mol. The molecule has 0 saturated heterocycles. The van der Waals surface area contributed by atoms with Crippen molar-refractivity contribution in [3.8, 4) is 0 Å². The third-order valence-corrected chi connectivity index (χ3v) is 6.28. The van der Waals surface area contributed by atoms with Crippen molar-refractivity contribution in [3.63, 3.8) is 0 Å². The Hall–Kier alpha value is -2.57. The summed E-state index contributed by atoms with van der Waals surface area (Å²) in [5, 5.41) is 13.4. The number of pyridine rings is 1. The van der Waals surface area contributed by atoms with Gasteiger partial charge in [0.1, 0.15) is 0 Å². The van der Waals surface area contributed by atoms with Gasteiger partial charge >= 0.3 is 5.97 Å². The van der Waals surface area contributed by atoms with Crippen LogP contribution in [0.5, 0.6) is 0 Å². The molecule has 4 rings (SSSR count). The quantitative estimate of drug-likeness (QED) is 0.548. The first-order chi connectivity index (χ1) is 14.0. The average Bonchev–Trinajstić information content (AvgIpc) is 2.70. The van der Waals surface area contributed by atoms with Crippen LogP contribution in [0.3, 0.4) is 0 Å². The molecule has 0 unspecified atom stereocenters. The minimum absolute atomic E-state index is 0.00254. The number of carbonyl (C=O) groups is 2. The van der Waals surface area contributed by atoms with Gasteiger partial charge < -0.3 is 10.4 Å². The maximum Gasteiger partial charge on any atom is 0.313 e. The van der Waals surface area contributed by atoms with Crippen LogP contribution in [0.2, 0.25) is 5.02 Å². The van der Waals surface area contributed by atoms with E-state index in [1.54, 1.807) is 36.4 Å². The largest absolute Gasteiger partial charge is 0.481 e. The molecule has 0 bridgehead atoms. The number of nitrogens with one attached hydrogen (secondary N) is 1. The highest BCUT2D eigenvalue weighted by molar-refractivity contribution is 8.00. The number of rotatable bonds is 5. The lowest BCUT2D eigenvalue weighted by Gasteiger charge is -2.20. The standard InChI is InChI=1S/C22H19ClN2O3S/c23-14-4-3-5-15(11-14)24-22(28)13-8-9-17-19(10-13)25-18-7-2-1-6-16(18)21(17)29-12-20(26)27/h3-5,8-11H,1-2,6-7,12H2,(H,24,28)(H,26,27). The number of aliphatic carboxylic acids is 1. The van der Waals surface area contributed by atoms with Gasteiger partial charge in [-0.15, -0.1) is 11.8 Å². The van der Waals surface area contributed by atoms with E-state index in [4.69, 9.17) is 21.7 Å². The molecule has 0 aliphatic heterocycles. The molecule has 0 saturated carbocycles. The van der Waals surface area contributed by atoms with Crippen LogP contribution in [0.25, 0.3) is 10.9 Å². The van der Waals surface area contributed by atoms with Crippen LogP contribution in [-0.4, -0.2) is 27.7 Å². The fourth-order valence-electron chi connectivity index (χ4n) is 3.59. The monoisotopic (exact) mass is 426 g/mol. The number of hydrogen-bond acceptors (Lipinski definition) is 4. The Bertz CT molecular complexity index is 1120. The van der Waals surface area contributed by atoms with E-state index in [0.717, 1.165) is 52.7 Å². The molecule has 148 valence electrons. The normalized spacial score (nSPS) is 13.1. The topological polar surface area (TPSA) is 79.3 Å². The van der Waals surface area contributed by atoms with E-state index in [-0.39, 0.29) is 11.7 Å². The Balaban J connectivity index is 1.71. The molecule has 0 radical (unpaired) electrons. The van der Waals surface area contributed by atoms with Gasteiger partial charge in [-0.1, -0.05) is 23.7 Å². The second kappa shape index (κ2) is 8.43. The number of nitrogens with zero attached hydrogens (tertiary/aromatic N) is 1. The summed E-state index contributed by atoms with van der Waals surface area (Å²) in [7, 11) is 0. The number of anilines is 1. The van der Waals surface area contributed by atoms with Crippen LogP contribution in [0.1, 0.15) is 34.5 Å². The van der Waals surface area contributed by atoms with Crippen LogP contribution in [0.15, 0.2) is 47.4 Å². The lowest BCUT2D eigenvalue weighted by Crippen LogP contribution is -2.13.